The first kappa shape index (κ1) is 23.7. The van der Waals surface area contributed by atoms with E-state index < -0.39 is 0 Å². The fraction of sp³-hybridized carbons (Fsp3) is 0.154. The van der Waals surface area contributed by atoms with Crippen LogP contribution >= 0.6 is 23.4 Å². The largest absolute Gasteiger partial charge is 0.497 e. The van der Waals surface area contributed by atoms with Crippen molar-refractivity contribution in [3.63, 3.8) is 0 Å². The summed E-state index contributed by atoms with van der Waals surface area (Å²) < 4.78 is 10.6. The Morgan fingerprint density at radius 3 is 2.03 bits per heavy atom. The summed E-state index contributed by atoms with van der Waals surface area (Å²) in [4.78, 5) is 21.0. The van der Waals surface area contributed by atoms with Crippen LogP contribution in [0, 0.1) is 0 Å². The maximum absolute atomic E-state index is 12.7. The minimum absolute atomic E-state index is 0.124. The number of thioether (sulfide) groups is 1. The van der Waals surface area contributed by atoms with Gasteiger partial charge in [-0.15, -0.1) is 0 Å². The van der Waals surface area contributed by atoms with Crippen molar-refractivity contribution in [2.45, 2.75) is 17.3 Å². The Kier molecular flexibility index (Phi) is 7.45. The van der Waals surface area contributed by atoms with Gasteiger partial charge in [0.1, 0.15) is 11.5 Å². The number of amides is 1. The van der Waals surface area contributed by atoms with Gasteiger partial charge in [-0.25, -0.2) is 4.98 Å². The van der Waals surface area contributed by atoms with Crippen LogP contribution in [0.25, 0.3) is 22.5 Å². The Morgan fingerprint density at radius 2 is 1.47 bits per heavy atom. The van der Waals surface area contributed by atoms with E-state index in [1.54, 1.807) is 38.5 Å². The molecule has 4 aromatic rings. The average Bonchev–Trinajstić information content (AvgIpc) is 3.29. The fourth-order valence-corrected chi connectivity index (χ4v) is 4.26. The number of halogens is 1. The lowest BCUT2D eigenvalue weighted by molar-refractivity contribution is -0.115. The minimum Gasteiger partial charge on any atom is -0.497 e. The van der Waals surface area contributed by atoms with Crippen molar-refractivity contribution < 1.29 is 14.3 Å². The Bertz CT molecular complexity index is 1190. The third-order valence-electron chi connectivity index (χ3n) is 5.19. The zero-order chi connectivity index (χ0) is 24.1. The first-order valence-corrected chi connectivity index (χ1v) is 11.8. The molecule has 0 bridgehead atoms. The number of rotatable bonds is 8. The van der Waals surface area contributed by atoms with Crippen LogP contribution < -0.4 is 14.8 Å². The Morgan fingerprint density at radius 1 is 0.912 bits per heavy atom. The van der Waals surface area contributed by atoms with Gasteiger partial charge < -0.3 is 19.8 Å². The van der Waals surface area contributed by atoms with Crippen LogP contribution in [-0.2, 0) is 4.79 Å². The van der Waals surface area contributed by atoms with Crippen LogP contribution in [0.15, 0.2) is 78.0 Å². The number of ether oxygens (including phenoxy) is 2. The molecule has 0 aliphatic carbocycles. The van der Waals surface area contributed by atoms with Crippen LogP contribution in [0.3, 0.4) is 0 Å². The lowest BCUT2D eigenvalue weighted by Gasteiger charge is -2.10. The van der Waals surface area contributed by atoms with Gasteiger partial charge in [0.25, 0.3) is 0 Å². The molecule has 34 heavy (non-hydrogen) atoms. The first-order valence-electron chi connectivity index (χ1n) is 10.6. The van der Waals surface area contributed by atoms with E-state index >= 15 is 0 Å². The van der Waals surface area contributed by atoms with Gasteiger partial charge in [-0.05, 0) is 79.7 Å². The highest BCUT2D eigenvalue weighted by Crippen LogP contribution is 2.35. The molecule has 0 radical (unpaired) electrons. The molecular formula is C26H24ClN3O3S. The number of hydrogen-bond donors (Lipinski definition) is 2. The third kappa shape index (κ3) is 5.55. The van der Waals surface area contributed by atoms with E-state index in [1.165, 1.54) is 11.8 Å². The molecule has 2 N–H and O–H groups in total. The van der Waals surface area contributed by atoms with Crippen LogP contribution in [0.5, 0.6) is 11.5 Å². The number of nitrogens with zero attached hydrogens (tertiary/aromatic N) is 1. The van der Waals surface area contributed by atoms with E-state index in [9.17, 15) is 4.79 Å². The Hall–Kier alpha value is -3.42. The van der Waals surface area contributed by atoms with Crippen LogP contribution in [-0.4, -0.2) is 35.3 Å². The summed E-state index contributed by atoms with van der Waals surface area (Å²) in [5.41, 5.74) is 4.25. The van der Waals surface area contributed by atoms with E-state index in [0.29, 0.717) is 15.9 Å². The first-order chi connectivity index (χ1) is 16.5. The van der Waals surface area contributed by atoms with Crippen molar-refractivity contribution in [3.8, 4) is 34.0 Å². The zero-order valence-electron chi connectivity index (χ0n) is 19.0. The Balaban J connectivity index is 1.61. The van der Waals surface area contributed by atoms with E-state index in [-0.39, 0.29) is 11.2 Å². The predicted molar refractivity (Wildman–Crippen MR) is 138 cm³/mol. The van der Waals surface area contributed by atoms with E-state index in [4.69, 9.17) is 26.1 Å². The molecule has 1 aromatic heterocycles. The molecule has 1 unspecified atom stereocenters. The van der Waals surface area contributed by atoms with Gasteiger partial charge in [0.15, 0.2) is 5.16 Å². The van der Waals surface area contributed by atoms with Gasteiger partial charge in [0, 0.05) is 21.8 Å². The van der Waals surface area contributed by atoms with Gasteiger partial charge in [0.2, 0.25) is 5.91 Å². The monoisotopic (exact) mass is 493 g/mol. The fourth-order valence-electron chi connectivity index (χ4n) is 3.33. The molecule has 0 fully saturated rings. The van der Waals surface area contributed by atoms with Gasteiger partial charge in [0.05, 0.1) is 30.9 Å². The van der Waals surface area contributed by atoms with Gasteiger partial charge in [-0.1, -0.05) is 23.4 Å². The Labute approximate surface area is 207 Å². The summed E-state index contributed by atoms with van der Waals surface area (Å²) in [6, 6.07) is 22.5. The summed E-state index contributed by atoms with van der Waals surface area (Å²) in [5.74, 6) is 1.42. The van der Waals surface area contributed by atoms with Gasteiger partial charge >= 0.3 is 0 Å². The number of anilines is 1. The molecule has 1 atom stereocenters. The average molecular weight is 494 g/mol. The number of carbonyl (C=O) groups is 1. The van der Waals surface area contributed by atoms with Crippen molar-refractivity contribution in [1.29, 1.82) is 0 Å². The molecule has 0 saturated carbocycles. The maximum atomic E-state index is 12.7. The molecule has 8 heteroatoms. The standard InChI is InChI=1S/C26H24ClN3O3S/c1-16(25(31)28-20-10-8-19(27)9-11-20)34-26-29-23(17-4-12-21(32-2)13-5-17)24(30-26)18-6-14-22(33-3)15-7-18/h4-16H,1-3H3,(H,28,31)(H,29,30). The molecule has 1 heterocycles. The van der Waals surface area contributed by atoms with Gasteiger partial charge in [-0.2, -0.15) is 0 Å². The minimum atomic E-state index is -0.380. The molecular weight excluding hydrogens is 470 g/mol. The second-order valence-corrected chi connectivity index (χ2v) is 9.24. The molecule has 6 nitrogen and oxygen atoms in total. The van der Waals surface area contributed by atoms with Crippen molar-refractivity contribution in [2.24, 2.45) is 0 Å². The number of hydrogen-bond acceptors (Lipinski definition) is 5. The van der Waals surface area contributed by atoms with Gasteiger partial charge in [-0.3, -0.25) is 4.79 Å². The normalized spacial score (nSPS) is 11.6. The second-order valence-electron chi connectivity index (χ2n) is 7.48. The summed E-state index contributed by atoms with van der Waals surface area (Å²) in [6.45, 7) is 1.85. The van der Waals surface area contributed by atoms with E-state index in [1.807, 2.05) is 55.5 Å². The van der Waals surface area contributed by atoms with Crippen LogP contribution in [0.2, 0.25) is 5.02 Å². The number of carbonyl (C=O) groups excluding carboxylic acids is 1. The molecule has 1 amide bonds. The number of methoxy groups -OCH3 is 2. The van der Waals surface area contributed by atoms with Crippen molar-refractivity contribution in [3.05, 3.63) is 77.8 Å². The highest BCUT2D eigenvalue weighted by Gasteiger charge is 2.20. The van der Waals surface area contributed by atoms with Crippen LogP contribution in [0.4, 0.5) is 5.69 Å². The maximum Gasteiger partial charge on any atom is 0.237 e. The molecule has 3 aromatic carbocycles. The third-order valence-corrected chi connectivity index (χ3v) is 6.43. The molecule has 0 saturated heterocycles. The number of benzene rings is 3. The molecule has 0 spiro atoms. The molecule has 0 aliphatic heterocycles. The lowest BCUT2D eigenvalue weighted by Crippen LogP contribution is -2.22. The second kappa shape index (κ2) is 10.7. The van der Waals surface area contributed by atoms with E-state index in [0.717, 1.165) is 34.0 Å². The van der Waals surface area contributed by atoms with Crippen molar-refractivity contribution in [2.75, 3.05) is 19.5 Å². The number of H-pyrrole nitrogens is 1. The highest BCUT2D eigenvalue weighted by molar-refractivity contribution is 8.00. The van der Waals surface area contributed by atoms with Crippen LogP contribution in [0.1, 0.15) is 6.92 Å². The topological polar surface area (TPSA) is 76.2 Å². The smallest absolute Gasteiger partial charge is 0.237 e. The molecule has 4 rings (SSSR count). The molecule has 0 aliphatic rings. The number of aromatic nitrogens is 2. The number of imidazole rings is 1. The number of nitrogens with one attached hydrogen (secondary N) is 2. The number of aromatic amines is 1. The predicted octanol–water partition coefficient (Wildman–Crippen LogP) is 6.53. The zero-order valence-corrected chi connectivity index (χ0v) is 20.5. The summed E-state index contributed by atoms with van der Waals surface area (Å²) in [5, 5.41) is 3.80. The highest BCUT2D eigenvalue weighted by atomic mass is 35.5. The SMILES string of the molecule is COc1ccc(-c2nc(SC(C)C(=O)Nc3ccc(Cl)cc3)[nH]c2-c2ccc(OC)cc2)cc1. The van der Waals surface area contributed by atoms with E-state index in [2.05, 4.69) is 10.3 Å². The summed E-state index contributed by atoms with van der Waals surface area (Å²) >= 11 is 7.29. The lowest BCUT2D eigenvalue weighted by atomic mass is 10.0. The summed E-state index contributed by atoms with van der Waals surface area (Å²) in [6.07, 6.45) is 0. The quantitative estimate of drug-likeness (QED) is 0.273. The molecule has 174 valence electrons. The van der Waals surface area contributed by atoms with Crippen molar-refractivity contribution in [1.82, 2.24) is 9.97 Å². The summed E-state index contributed by atoms with van der Waals surface area (Å²) in [7, 11) is 3.27. The van der Waals surface area contributed by atoms with Crippen molar-refractivity contribution >= 4 is 35.0 Å².